The number of amides is 1. The van der Waals surface area contributed by atoms with Crippen molar-refractivity contribution >= 4 is 28.4 Å². The van der Waals surface area contributed by atoms with Crippen molar-refractivity contribution in [3.8, 4) is 11.5 Å². The molecule has 1 N–H and O–H groups in total. The third kappa shape index (κ3) is 5.45. The molecule has 0 aliphatic rings. The summed E-state index contributed by atoms with van der Waals surface area (Å²) in [5.74, 6) is 1.28. The summed E-state index contributed by atoms with van der Waals surface area (Å²) in [6.07, 6.45) is 2.46. The summed E-state index contributed by atoms with van der Waals surface area (Å²) < 4.78 is 8.22. The van der Waals surface area contributed by atoms with Gasteiger partial charge >= 0.3 is 0 Å². The number of nitrogens with one attached hydrogen (secondary N) is 1. The first-order valence-electron chi connectivity index (χ1n) is 11.9. The summed E-state index contributed by atoms with van der Waals surface area (Å²) in [4.78, 5) is 13.2. The van der Waals surface area contributed by atoms with E-state index >= 15 is 0 Å². The van der Waals surface area contributed by atoms with Crippen LogP contribution >= 0.6 is 11.6 Å². The molecule has 0 saturated carbocycles. The van der Waals surface area contributed by atoms with Crippen LogP contribution in [0.15, 0.2) is 109 Å². The van der Waals surface area contributed by atoms with Crippen molar-refractivity contribution in [1.82, 2.24) is 9.88 Å². The molecule has 0 fully saturated rings. The van der Waals surface area contributed by atoms with Gasteiger partial charge in [0, 0.05) is 48.1 Å². The maximum absolute atomic E-state index is 13.2. The minimum Gasteiger partial charge on any atom is -0.457 e. The SMILES string of the molecule is Cn1cc([C@@H](CC(=O)NCc2ccccc2)c2cccc(Oc3ccc(Cl)cc3)c2)c2ccccc21. The van der Waals surface area contributed by atoms with Crippen molar-refractivity contribution in [1.29, 1.82) is 0 Å². The van der Waals surface area contributed by atoms with Gasteiger partial charge in [-0.05, 0) is 59.2 Å². The number of hydrogen-bond donors (Lipinski definition) is 1. The lowest BCUT2D eigenvalue weighted by Gasteiger charge is -2.18. The molecule has 5 aromatic rings. The quantitative estimate of drug-likeness (QED) is 0.243. The predicted molar refractivity (Wildman–Crippen MR) is 146 cm³/mol. The van der Waals surface area contributed by atoms with E-state index in [0.717, 1.165) is 27.6 Å². The number of para-hydroxylation sites is 1. The second kappa shape index (κ2) is 10.7. The Kier molecular flexibility index (Phi) is 7.06. The van der Waals surface area contributed by atoms with Crippen LogP contribution in [0.5, 0.6) is 11.5 Å². The zero-order valence-corrected chi connectivity index (χ0v) is 20.8. The summed E-state index contributed by atoms with van der Waals surface area (Å²) in [6.45, 7) is 0.502. The smallest absolute Gasteiger partial charge is 0.221 e. The zero-order chi connectivity index (χ0) is 24.9. The third-order valence-electron chi connectivity index (χ3n) is 6.34. The highest BCUT2D eigenvalue weighted by atomic mass is 35.5. The number of ether oxygens (including phenoxy) is 1. The van der Waals surface area contributed by atoms with Crippen LogP contribution in [-0.4, -0.2) is 10.5 Å². The minimum atomic E-state index is -0.138. The molecule has 0 unspecified atom stereocenters. The monoisotopic (exact) mass is 494 g/mol. The van der Waals surface area contributed by atoms with Crippen LogP contribution in [-0.2, 0) is 18.4 Å². The van der Waals surface area contributed by atoms with E-state index in [4.69, 9.17) is 16.3 Å². The summed E-state index contributed by atoms with van der Waals surface area (Å²) in [6, 6.07) is 33.5. The van der Waals surface area contributed by atoms with Gasteiger partial charge < -0.3 is 14.6 Å². The van der Waals surface area contributed by atoms with Crippen LogP contribution in [0.2, 0.25) is 5.02 Å². The van der Waals surface area contributed by atoms with Crippen LogP contribution in [0.25, 0.3) is 10.9 Å². The number of hydrogen-bond acceptors (Lipinski definition) is 2. The Hall–Kier alpha value is -4.02. The van der Waals surface area contributed by atoms with Crippen molar-refractivity contribution < 1.29 is 9.53 Å². The van der Waals surface area contributed by atoms with Gasteiger partial charge in [-0.1, -0.05) is 72.3 Å². The van der Waals surface area contributed by atoms with Crippen LogP contribution < -0.4 is 10.1 Å². The molecule has 0 spiro atoms. The fourth-order valence-corrected chi connectivity index (χ4v) is 4.67. The first kappa shape index (κ1) is 23.7. The highest BCUT2D eigenvalue weighted by Gasteiger charge is 2.23. The molecule has 4 nitrogen and oxygen atoms in total. The molecule has 1 aromatic heterocycles. The van der Waals surface area contributed by atoms with E-state index in [9.17, 15) is 4.79 Å². The van der Waals surface area contributed by atoms with E-state index in [1.165, 1.54) is 0 Å². The van der Waals surface area contributed by atoms with Crippen LogP contribution in [0, 0.1) is 0 Å². The zero-order valence-electron chi connectivity index (χ0n) is 20.0. The lowest BCUT2D eigenvalue weighted by molar-refractivity contribution is -0.121. The van der Waals surface area contributed by atoms with Gasteiger partial charge in [0.05, 0.1) is 0 Å². The van der Waals surface area contributed by atoms with Crippen molar-refractivity contribution in [2.24, 2.45) is 7.05 Å². The molecule has 1 atom stereocenters. The summed E-state index contributed by atoms with van der Waals surface area (Å²) in [7, 11) is 2.04. The number of fused-ring (bicyclic) bond motifs is 1. The minimum absolute atomic E-state index is 0.000750. The standard InChI is InChI=1S/C31H27ClN2O2/c1-34-21-29(27-12-5-6-13-30(27)34)28(19-31(35)33-20-22-8-3-2-4-9-22)23-10-7-11-26(18-23)36-25-16-14-24(32)15-17-25/h2-18,21,28H,19-20H2,1H3,(H,33,35)/t28-/m0/s1. The second-order valence-corrected chi connectivity index (χ2v) is 9.30. The molecular formula is C31H27ClN2O2. The number of benzene rings is 4. The first-order chi connectivity index (χ1) is 17.6. The lowest BCUT2D eigenvalue weighted by Crippen LogP contribution is -2.25. The van der Waals surface area contributed by atoms with Gasteiger partial charge in [-0.3, -0.25) is 4.79 Å². The number of aromatic nitrogens is 1. The average Bonchev–Trinajstić information content (AvgIpc) is 3.24. The van der Waals surface area contributed by atoms with Gasteiger partial charge in [-0.15, -0.1) is 0 Å². The van der Waals surface area contributed by atoms with Crippen molar-refractivity contribution in [2.45, 2.75) is 18.9 Å². The molecule has 5 heteroatoms. The molecule has 0 aliphatic carbocycles. The molecular weight excluding hydrogens is 468 g/mol. The Bertz CT molecular complexity index is 1480. The first-order valence-corrected chi connectivity index (χ1v) is 12.3. The molecule has 1 heterocycles. The Morgan fingerprint density at radius 3 is 2.44 bits per heavy atom. The second-order valence-electron chi connectivity index (χ2n) is 8.86. The average molecular weight is 495 g/mol. The predicted octanol–water partition coefficient (Wildman–Crippen LogP) is 7.46. The van der Waals surface area contributed by atoms with Gasteiger partial charge in [-0.25, -0.2) is 0 Å². The van der Waals surface area contributed by atoms with E-state index in [0.29, 0.717) is 29.5 Å². The van der Waals surface area contributed by atoms with Gasteiger partial charge in [0.2, 0.25) is 5.91 Å². The third-order valence-corrected chi connectivity index (χ3v) is 6.59. The highest BCUT2D eigenvalue weighted by molar-refractivity contribution is 6.30. The summed E-state index contributed by atoms with van der Waals surface area (Å²) in [5.41, 5.74) is 4.35. The molecule has 1 amide bonds. The fourth-order valence-electron chi connectivity index (χ4n) is 4.55. The topological polar surface area (TPSA) is 43.3 Å². The van der Waals surface area contributed by atoms with Crippen LogP contribution in [0.1, 0.15) is 29.0 Å². The Labute approximate surface area is 216 Å². The maximum Gasteiger partial charge on any atom is 0.221 e. The number of halogens is 1. The van der Waals surface area contributed by atoms with Gasteiger partial charge in [0.1, 0.15) is 11.5 Å². The van der Waals surface area contributed by atoms with E-state index < -0.39 is 0 Å². The number of carbonyl (C=O) groups excluding carboxylic acids is 1. The fraction of sp³-hybridized carbons (Fsp3) is 0.129. The molecule has 180 valence electrons. The van der Waals surface area contributed by atoms with Crippen molar-refractivity contribution in [3.05, 3.63) is 131 Å². The normalized spacial score (nSPS) is 11.8. The summed E-state index contributed by atoms with van der Waals surface area (Å²) >= 11 is 6.02. The molecule has 36 heavy (non-hydrogen) atoms. The Morgan fingerprint density at radius 1 is 0.889 bits per heavy atom. The molecule has 0 aliphatic heterocycles. The molecule has 0 saturated heterocycles. The van der Waals surface area contributed by atoms with Gasteiger partial charge in [0.15, 0.2) is 0 Å². The Balaban J connectivity index is 1.46. The van der Waals surface area contributed by atoms with E-state index in [1.807, 2.05) is 79.8 Å². The van der Waals surface area contributed by atoms with Crippen molar-refractivity contribution in [2.75, 3.05) is 0 Å². The Morgan fingerprint density at radius 2 is 1.64 bits per heavy atom. The molecule has 4 aromatic carbocycles. The largest absolute Gasteiger partial charge is 0.457 e. The number of carbonyl (C=O) groups is 1. The van der Waals surface area contributed by atoms with Gasteiger partial charge in [0.25, 0.3) is 0 Å². The molecule has 5 rings (SSSR count). The number of aryl methyl sites for hydroxylation is 1. The molecule has 0 radical (unpaired) electrons. The lowest BCUT2D eigenvalue weighted by atomic mass is 9.88. The number of rotatable bonds is 8. The maximum atomic E-state index is 13.2. The molecule has 0 bridgehead atoms. The highest BCUT2D eigenvalue weighted by Crippen LogP contribution is 2.36. The number of nitrogens with zero attached hydrogens (tertiary/aromatic N) is 1. The van der Waals surface area contributed by atoms with E-state index in [2.05, 4.69) is 34.3 Å². The van der Waals surface area contributed by atoms with Crippen molar-refractivity contribution in [3.63, 3.8) is 0 Å². The van der Waals surface area contributed by atoms with E-state index in [1.54, 1.807) is 12.1 Å². The summed E-state index contributed by atoms with van der Waals surface area (Å²) in [5, 5.41) is 4.90. The van der Waals surface area contributed by atoms with E-state index in [-0.39, 0.29) is 11.8 Å². The van der Waals surface area contributed by atoms with Crippen LogP contribution in [0.3, 0.4) is 0 Å². The van der Waals surface area contributed by atoms with Crippen LogP contribution in [0.4, 0.5) is 0 Å². The van der Waals surface area contributed by atoms with Gasteiger partial charge in [-0.2, -0.15) is 0 Å².